The predicted molar refractivity (Wildman–Crippen MR) is 87.1 cm³/mol. The van der Waals surface area contributed by atoms with Crippen LogP contribution in [-0.2, 0) is 0 Å². The van der Waals surface area contributed by atoms with Gasteiger partial charge in [-0.05, 0) is 26.8 Å². The first-order valence-corrected chi connectivity index (χ1v) is 7.60. The standard InChI is InChI=1S/C16H16N4S/c1-10-4-6-13(7-5-10)14-9-21-16(19-14)20-15-17-11(2)8-12(3)18-15/h4-9H,1-3H3,(H,17,18,19,20). The second-order valence-corrected chi connectivity index (χ2v) is 5.86. The maximum absolute atomic E-state index is 4.59. The Morgan fingerprint density at radius 2 is 1.57 bits per heavy atom. The van der Waals surface area contributed by atoms with Crippen LogP contribution in [-0.4, -0.2) is 15.0 Å². The largest absolute Gasteiger partial charge is 0.300 e. The van der Waals surface area contributed by atoms with E-state index in [1.165, 1.54) is 5.56 Å². The highest BCUT2D eigenvalue weighted by atomic mass is 32.1. The number of anilines is 2. The van der Waals surface area contributed by atoms with E-state index in [4.69, 9.17) is 0 Å². The van der Waals surface area contributed by atoms with E-state index in [0.717, 1.165) is 27.8 Å². The lowest BCUT2D eigenvalue weighted by Crippen LogP contribution is -1.99. The maximum atomic E-state index is 4.59. The second-order valence-electron chi connectivity index (χ2n) is 5.00. The number of thiazole rings is 1. The molecule has 0 atom stereocenters. The molecule has 3 aromatic rings. The van der Waals surface area contributed by atoms with Gasteiger partial charge in [0.1, 0.15) is 0 Å². The topological polar surface area (TPSA) is 50.7 Å². The van der Waals surface area contributed by atoms with Crippen molar-refractivity contribution >= 4 is 22.4 Å². The minimum atomic E-state index is 0.595. The molecule has 0 saturated carbocycles. The normalized spacial score (nSPS) is 10.6. The number of hydrogen-bond donors (Lipinski definition) is 1. The molecule has 1 aromatic carbocycles. The van der Waals surface area contributed by atoms with Gasteiger partial charge < -0.3 is 5.32 Å². The molecule has 2 heterocycles. The molecular weight excluding hydrogens is 280 g/mol. The van der Waals surface area contributed by atoms with Crippen LogP contribution < -0.4 is 5.32 Å². The Morgan fingerprint density at radius 3 is 2.24 bits per heavy atom. The summed E-state index contributed by atoms with van der Waals surface area (Å²) in [4.78, 5) is 13.3. The van der Waals surface area contributed by atoms with Gasteiger partial charge in [0, 0.05) is 22.3 Å². The first-order chi connectivity index (χ1) is 10.1. The first kappa shape index (κ1) is 13.7. The maximum Gasteiger partial charge on any atom is 0.229 e. The van der Waals surface area contributed by atoms with Crippen LogP contribution >= 0.6 is 11.3 Å². The van der Waals surface area contributed by atoms with E-state index in [9.17, 15) is 0 Å². The number of benzene rings is 1. The molecule has 0 bridgehead atoms. The Hall–Kier alpha value is -2.27. The van der Waals surface area contributed by atoms with E-state index < -0.39 is 0 Å². The molecule has 0 amide bonds. The Morgan fingerprint density at radius 1 is 0.905 bits per heavy atom. The summed E-state index contributed by atoms with van der Waals surface area (Å²) in [7, 11) is 0. The molecule has 0 aliphatic heterocycles. The van der Waals surface area contributed by atoms with Gasteiger partial charge in [0.2, 0.25) is 5.95 Å². The van der Waals surface area contributed by atoms with Gasteiger partial charge >= 0.3 is 0 Å². The van der Waals surface area contributed by atoms with Crippen molar-refractivity contribution in [1.82, 2.24) is 15.0 Å². The molecule has 1 N–H and O–H groups in total. The molecule has 0 radical (unpaired) electrons. The smallest absolute Gasteiger partial charge is 0.229 e. The molecule has 0 saturated heterocycles. The molecule has 5 heteroatoms. The van der Waals surface area contributed by atoms with Gasteiger partial charge in [-0.3, -0.25) is 0 Å². The van der Waals surface area contributed by atoms with Gasteiger partial charge in [-0.1, -0.05) is 29.8 Å². The van der Waals surface area contributed by atoms with Crippen LogP contribution in [0.4, 0.5) is 11.1 Å². The van der Waals surface area contributed by atoms with Crippen molar-refractivity contribution in [2.24, 2.45) is 0 Å². The molecule has 0 spiro atoms. The summed E-state index contributed by atoms with van der Waals surface area (Å²) in [6.45, 7) is 5.99. The summed E-state index contributed by atoms with van der Waals surface area (Å²) in [5.74, 6) is 0.595. The summed E-state index contributed by atoms with van der Waals surface area (Å²) in [5, 5.41) is 6.01. The third-order valence-electron chi connectivity index (χ3n) is 3.05. The van der Waals surface area contributed by atoms with Crippen molar-refractivity contribution < 1.29 is 0 Å². The van der Waals surface area contributed by atoms with E-state index in [1.54, 1.807) is 11.3 Å². The van der Waals surface area contributed by atoms with Crippen LogP contribution in [0.2, 0.25) is 0 Å². The van der Waals surface area contributed by atoms with Crippen molar-refractivity contribution in [3.05, 3.63) is 52.7 Å². The van der Waals surface area contributed by atoms with Crippen LogP contribution in [0.25, 0.3) is 11.3 Å². The molecule has 3 rings (SSSR count). The minimum absolute atomic E-state index is 0.595. The summed E-state index contributed by atoms with van der Waals surface area (Å²) in [6.07, 6.45) is 0. The van der Waals surface area contributed by atoms with Gasteiger partial charge in [0.25, 0.3) is 0 Å². The molecule has 21 heavy (non-hydrogen) atoms. The number of aromatic nitrogens is 3. The summed E-state index contributed by atoms with van der Waals surface area (Å²) in [6, 6.07) is 10.3. The van der Waals surface area contributed by atoms with Gasteiger partial charge in [0.05, 0.1) is 5.69 Å². The zero-order valence-electron chi connectivity index (χ0n) is 12.2. The Kier molecular flexibility index (Phi) is 3.66. The molecule has 2 aromatic heterocycles. The average molecular weight is 296 g/mol. The zero-order chi connectivity index (χ0) is 14.8. The third-order valence-corrected chi connectivity index (χ3v) is 3.81. The van der Waals surface area contributed by atoms with Crippen molar-refractivity contribution in [2.45, 2.75) is 20.8 Å². The van der Waals surface area contributed by atoms with E-state index >= 15 is 0 Å². The Bertz CT molecular complexity index is 742. The molecule has 0 aliphatic rings. The van der Waals surface area contributed by atoms with E-state index in [2.05, 4.69) is 51.5 Å². The fourth-order valence-electron chi connectivity index (χ4n) is 2.07. The van der Waals surface area contributed by atoms with Crippen LogP contribution in [0.1, 0.15) is 17.0 Å². The van der Waals surface area contributed by atoms with E-state index in [1.807, 2.05) is 25.3 Å². The summed E-state index contributed by atoms with van der Waals surface area (Å²) >= 11 is 1.55. The number of nitrogens with one attached hydrogen (secondary N) is 1. The molecule has 0 aliphatic carbocycles. The number of aryl methyl sites for hydroxylation is 3. The zero-order valence-corrected chi connectivity index (χ0v) is 13.0. The van der Waals surface area contributed by atoms with Crippen molar-refractivity contribution in [3.8, 4) is 11.3 Å². The number of hydrogen-bond acceptors (Lipinski definition) is 5. The fraction of sp³-hybridized carbons (Fsp3) is 0.188. The van der Waals surface area contributed by atoms with Crippen LogP contribution in [0.15, 0.2) is 35.7 Å². The van der Waals surface area contributed by atoms with Crippen LogP contribution in [0, 0.1) is 20.8 Å². The summed E-state index contributed by atoms with van der Waals surface area (Å²) < 4.78 is 0. The molecule has 4 nitrogen and oxygen atoms in total. The minimum Gasteiger partial charge on any atom is -0.300 e. The SMILES string of the molecule is Cc1ccc(-c2csc(Nc3nc(C)cc(C)n3)n2)cc1. The predicted octanol–water partition coefficient (Wildman–Crippen LogP) is 4.27. The molecule has 0 fully saturated rings. The first-order valence-electron chi connectivity index (χ1n) is 6.72. The van der Waals surface area contributed by atoms with Crippen molar-refractivity contribution in [2.75, 3.05) is 5.32 Å². The Labute approximate surface area is 127 Å². The molecule has 106 valence electrons. The van der Waals surface area contributed by atoms with E-state index in [0.29, 0.717) is 5.95 Å². The number of rotatable bonds is 3. The fourth-order valence-corrected chi connectivity index (χ4v) is 2.78. The van der Waals surface area contributed by atoms with Gasteiger partial charge in [-0.25, -0.2) is 15.0 Å². The highest BCUT2D eigenvalue weighted by Crippen LogP contribution is 2.26. The lowest BCUT2D eigenvalue weighted by molar-refractivity contribution is 1.06. The van der Waals surface area contributed by atoms with Gasteiger partial charge in [0.15, 0.2) is 5.13 Å². The second kappa shape index (κ2) is 5.61. The lowest BCUT2D eigenvalue weighted by atomic mass is 10.1. The highest BCUT2D eigenvalue weighted by molar-refractivity contribution is 7.14. The monoisotopic (exact) mass is 296 g/mol. The van der Waals surface area contributed by atoms with Crippen LogP contribution in [0.5, 0.6) is 0 Å². The lowest BCUT2D eigenvalue weighted by Gasteiger charge is -2.03. The van der Waals surface area contributed by atoms with Gasteiger partial charge in [-0.2, -0.15) is 0 Å². The molecule has 0 unspecified atom stereocenters. The molecular formula is C16H16N4S. The van der Waals surface area contributed by atoms with Crippen molar-refractivity contribution in [1.29, 1.82) is 0 Å². The Balaban J connectivity index is 1.83. The van der Waals surface area contributed by atoms with Crippen molar-refractivity contribution in [3.63, 3.8) is 0 Å². The third kappa shape index (κ3) is 3.25. The quantitative estimate of drug-likeness (QED) is 0.784. The van der Waals surface area contributed by atoms with E-state index in [-0.39, 0.29) is 0 Å². The average Bonchev–Trinajstić information content (AvgIpc) is 2.87. The summed E-state index contributed by atoms with van der Waals surface area (Å²) in [5.41, 5.74) is 5.22. The highest BCUT2D eigenvalue weighted by Gasteiger charge is 2.06. The van der Waals surface area contributed by atoms with Gasteiger partial charge in [-0.15, -0.1) is 11.3 Å². The number of nitrogens with zero attached hydrogens (tertiary/aromatic N) is 3. The van der Waals surface area contributed by atoms with Crippen LogP contribution in [0.3, 0.4) is 0 Å².